The molecule has 1 aromatic heterocycles. The molecular formula is C25H26N2O5S. The largest absolute Gasteiger partial charge is 0.443 e. The summed E-state index contributed by atoms with van der Waals surface area (Å²) in [6, 6.07) is 12.0. The minimum absolute atomic E-state index is 0.0827. The smallest absolute Gasteiger partial charge is 0.418 e. The number of ketones is 1. The Kier molecular flexibility index (Phi) is 4.72. The minimum atomic E-state index is -3.81. The predicted molar refractivity (Wildman–Crippen MR) is 125 cm³/mol. The van der Waals surface area contributed by atoms with Crippen LogP contribution < -0.4 is 4.31 Å². The van der Waals surface area contributed by atoms with Crippen molar-refractivity contribution in [3.8, 4) is 0 Å². The average Bonchev–Trinajstić information content (AvgIpc) is 3.15. The predicted octanol–water partition coefficient (Wildman–Crippen LogP) is 4.61. The van der Waals surface area contributed by atoms with Crippen molar-refractivity contribution in [3.05, 3.63) is 59.8 Å². The van der Waals surface area contributed by atoms with Gasteiger partial charge >= 0.3 is 6.09 Å². The van der Waals surface area contributed by atoms with Gasteiger partial charge in [-0.3, -0.25) is 13.7 Å². The van der Waals surface area contributed by atoms with Crippen LogP contribution in [0.25, 0.3) is 10.9 Å². The molecule has 7 nitrogen and oxygen atoms in total. The lowest BCUT2D eigenvalue weighted by molar-refractivity contribution is -0.129. The summed E-state index contributed by atoms with van der Waals surface area (Å²) in [7, 11) is -3.81. The maximum atomic E-state index is 13.6. The maximum Gasteiger partial charge on any atom is 0.418 e. The second-order valence-electron chi connectivity index (χ2n) is 9.85. The van der Waals surface area contributed by atoms with Crippen molar-refractivity contribution >= 4 is 38.5 Å². The lowest BCUT2D eigenvalue weighted by atomic mass is 9.66. The van der Waals surface area contributed by atoms with Crippen LogP contribution in [0.15, 0.2) is 53.6 Å². The van der Waals surface area contributed by atoms with Crippen molar-refractivity contribution in [2.75, 3.05) is 10.8 Å². The van der Waals surface area contributed by atoms with Gasteiger partial charge in [0.25, 0.3) is 10.0 Å². The van der Waals surface area contributed by atoms with E-state index < -0.39 is 21.7 Å². The summed E-state index contributed by atoms with van der Waals surface area (Å²) in [6.07, 6.45) is 1.45. The number of Topliss-reactive ketones (excluding diaryl/α,β-unsaturated/α-hetero) is 1. The van der Waals surface area contributed by atoms with Crippen molar-refractivity contribution in [1.29, 1.82) is 0 Å². The van der Waals surface area contributed by atoms with Gasteiger partial charge in [0.2, 0.25) is 0 Å². The molecule has 1 aliphatic heterocycles. The van der Waals surface area contributed by atoms with E-state index in [-0.39, 0.29) is 29.1 Å². The van der Waals surface area contributed by atoms with Gasteiger partial charge in [0.15, 0.2) is 0 Å². The molecule has 0 amide bonds. The molecular weight excluding hydrogens is 440 g/mol. The summed E-state index contributed by atoms with van der Waals surface area (Å²) in [5, 5.41) is 0.699. The Morgan fingerprint density at radius 2 is 1.76 bits per heavy atom. The quantitative estimate of drug-likeness (QED) is 0.550. The van der Waals surface area contributed by atoms with Crippen LogP contribution in [0.2, 0.25) is 0 Å². The van der Waals surface area contributed by atoms with Crippen molar-refractivity contribution in [2.45, 2.75) is 50.5 Å². The second kappa shape index (κ2) is 7.18. The molecule has 2 atom stereocenters. The highest BCUT2D eigenvalue weighted by molar-refractivity contribution is 7.92. The summed E-state index contributed by atoms with van der Waals surface area (Å²) < 4.78 is 35.5. The summed E-state index contributed by atoms with van der Waals surface area (Å²) in [5.74, 6) is -0.338. The zero-order valence-corrected chi connectivity index (χ0v) is 19.8. The molecule has 0 radical (unpaired) electrons. The zero-order chi connectivity index (χ0) is 23.7. The van der Waals surface area contributed by atoms with Gasteiger partial charge in [-0.1, -0.05) is 17.7 Å². The number of nitrogens with zero attached hydrogens (tertiary/aromatic N) is 2. The molecule has 2 aliphatic rings. The minimum Gasteiger partial charge on any atom is -0.443 e. The molecule has 172 valence electrons. The lowest BCUT2D eigenvalue weighted by Crippen LogP contribution is -2.49. The van der Waals surface area contributed by atoms with E-state index in [1.165, 1.54) is 8.87 Å². The summed E-state index contributed by atoms with van der Waals surface area (Å²) in [4.78, 5) is 25.5. The van der Waals surface area contributed by atoms with E-state index in [0.717, 1.165) is 5.56 Å². The first kappa shape index (κ1) is 21.7. The van der Waals surface area contributed by atoms with Gasteiger partial charge in [-0.05, 0) is 69.5 Å². The van der Waals surface area contributed by atoms with E-state index >= 15 is 0 Å². The second-order valence-corrected chi connectivity index (χ2v) is 11.7. The molecule has 1 fully saturated rings. The Labute approximate surface area is 193 Å². The highest BCUT2D eigenvalue weighted by Gasteiger charge is 2.49. The summed E-state index contributed by atoms with van der Waals surface area (Å²) >= 11 is 0. The number of hydrogen-bond donors (Lipinski definition) is 0. The van der Waals surface area contributed by atoms with E-state index in [0.29, 0.717) is 28.6 Å². The fraction of sp³-hybridized carbons (Fsp3) is 0.360. The molecule has 0 N–H and O–H groups in total. The van der Waals surface area contributed by atoms with Crippen molar-refractivity contribution in [2.24, 2.45) is 5.92 Å². The molecule has 33 heavy (non-hydrogen) atoms. The first-order valence-electron chi connectivity index (χ1n) is 11.0. The van der Waals surface area contributed by atoms with Crippen molar-refractivity contribution < 1.29 is 22.7 Å². The van der Waals surface area contributed by atoms with Gasteiger partial charge in [0.1, 0.15) is 11.4 Å². The molecule has 5 rings (SSSR count). The van der Waals surface area contributed by atoms with Crippen LogP contribution >= 0.6 is 0 Å². The first-order valence-corrected chi connectivity index (χ1v) is 12.4. The van der Waals surface area contributed by atoms with Gasteiger partial charge in [-0.2, -0.15) is 0 Å². The average molecular weight is 467 g/mol. The molecule has 2 aromatic carbocycles. The monoisotopic (exact) mass is 466 g/mol. The van der Waals surface area contributed by atoms with E-state index in [2.05, 4.69) is 0 Å². The van der Waals surface area contributed by atoms with Crippen LogP contribution in [-0.2, 0) is 19.6 Å². The Hall–Kier alpha value is -3.13. The van der Waals surface area contributed by atoms with E-state index in [1.54, 1.807) is 69.4 Å². The number of rotatable bonds is 2. The Morgan fingerprint density at radius 3 is 2.39 bits per heavy atom. The van der Waals surface area contributed by atoms with Gasteiger partial charge in [-0.25, -0.2) is 13.2 Å². The third kappa shape index (κ3) is 3.44. The third-order valence-electron chi connectivity index (χ3n) is 6.35. The normalized spacial score (nSPS) is 20.2. The van der Waals surface area contributed by atoms with Crippen molar-refractivity contribution in [3.63, 3.8) is 0 Å². The molecule has 0 spiro atoms. The molecule has 0 unspecified atom stereocenters. The highest BCUT2D eigenvalue weighted by Crippen LogP contribution is 2.51. The first-order chi connectivity index (χ1) is 15.5. The molecule has 8 heteroatoms. The topological polar surface area (TPSA) is 85.7 Å². The number of aromatic nitrogens is 1. The number of ether oxygens (including phenoxy) is 1. The number of carbonyl (C=O) groups excluding carboxylic acids is 2. The Bertz CT molecular complexity index is 1400. The molecule has 2 heterocycles. The maximum absolute atomic E-state index is 13.6. The summed E-state index contributed by atoms with van der Waals surface area (Å²) in [6.45, 7) is 7.55. The van der Waals surface area contributed by atoms with Crippen LogP contribution in [0.3, 0.4) is 0 Å². The van der Waals surface area contributed by atoms with Crippen LogP contribution in [0.5, 0.6) is 0 Å². The lowest BCUT2D eigenvalue weighted by Gasteiger charge is -2.45. The number of benzene rings is 2. The third-order valence-corrected chi connectivity index (χ3v) is 8.15. The molecule has 0 saturated heterocycles. The van der Waals surface area contributed by atoms with Crippen molar-refractivity contribution in [1.82, 2.24) is 4.57 Å². The number of sulfonamides is 1. The SMILES string of the molecule is Cc1ccc(S(=O)(=O)N2C[C@H]3CC(=O)[C@H]3c3c2ccc2c3ccn2C(=O)OC(C)(C)C)cc1. The molecule has 3 aromatic rings. The molecule has 1 aliphatic carbocycles. The van der Waals surface area contributed by atoms with E-state index in [9.17, 15) is 18.0 Å². The van der Waals surface area contributed by atoms with Gasteiger partial charge in [0, 0.05) is 24.5 Å². The zero-order valence-electron chi connectivity index (χ0n) is 19.0. The fourth-order valence-corrected chi connectivity index (χ4v) is 6.33. The van der Waals surface area contributed by atoms with Crippen LogP contribution in [0.1, 0.15) is 44.2 Å². The van der Waals surface area contributed by atoms with E-state index in [1.807, 2.05) is 6.92 Å². The van der Waals surface area contributed by atoms with Crippen LogP contribution in [0, 0.1) is 12.8 Å². The summed E-state index contributed by atoms with van der Waals surface area (Å²) in [5.41, 5.74) is 2.09. The van der Waals surface area contributed by atoms with Crippen LogP contribution in [-0.4, -0.2) is 37.0 Å². The fourth-order valence-electron chi connectivity index (χ4n) is 4.79. The van der Waals surface area contributed by atoms with Gasteiger partial charge in [-0.15, -0.1) is 0 Å². The number of fused-ring (bicyclic) bond motifs is 5. The number of carbonyl (C=O) groups is 2. The standard InChI is InChI=1S/C25H26N2O5S/c1-15-5-7-17(8-6-15)33(30,31)27-14-16-13-21(28)22(16)23-18-11-12-26(19(18)9-10-20(23)27)24(29)32-25(2,3)4/h5-12,16,22H,13-14H2,1-4H3/t16-,22+/m1/s1. The number of aryl methyl sites for hydroxylation is 1. The molecule has 0 bridgehead atoms. The Balaban J connectivity index is 1.66. The van der Waals surface area contributed by atoms with Gasteiger partial charge < -0.3 is 4.74 Å². The van der Waals surface area contributed by atoms with Gasteiger partial charge in [0.05, 0.1) is 22.0 Å². The highest BCUT2D eigenvalue weighted by atomic mass is 32.2. The van der Waals surface area contributed by atoms with E-state index in [4.69, 9.17) is 4.74 Å². The number of hydrogen-bond acceptors (Lipinski definition) is 5. The van der Waals surface area contributed by atoms with Crippen LogP contribution in [0.4, 0.5) is 10.5 Å². The Morgan fingerprint density at radius 1 is 1.06 bits per heavy atom. The molecule has 1 saturated carbocycles. The number of anilines is 1.